The van der Waals surface area contributed by atoms with Crippen molar-refractivity contribution in [3.63, 3.8) is 0 Å². The third kappa shape index (κ3) is 4.58. The second kappa shape index (κ2) is 8.45. The lowest BCUT2D eigenvalue weighted by Crippen LogP contribution is -2.34. The van der Waals surface area contributed by atoms with Gasteiger partial charge in [0.05, 0.1) is 6.61 Å². The number of ether oxygens (including phenoxy) is 1. The van der Waals surface area contributed by atoms with Crippen LogP contribution in [-0.2, 0) is 27.2 Å². The van der Waals surface area contributed by atoms with Crippen LogP contribution in [-0.4, -0.2) is 29.4 Å². The van der Waals surface area contributed by atoms with Gasteiger partial charge in [-0.25, -0.2) is 0 Å². The summed E-state index contributed by atoms with van der Waals surface area (Å²) < 4.78 is 5.18. The third-order valence-corrected chi connectivity index (χ3v) is 4.29. The number of H-pyrrole nitrogens is 1. The Morgan fingerprint density at radius 1 is 1.04 bits per heavy atom. The summed E-state index contributed by atoms with van der Waals surface area (Å²) in [5, 5.41) is 1.05. The number of hydrogen-bond donors (Lipinski definition) is 2. The molecule has 0 spiro atoms. The van der Waals surface area contributed by atoms with E-state index in [9.17, 15) is 9.59 Å². The Labute approximate surface area is 152 Å². The smallest absolute Gasteiger partial charge is 0.323 e. The number of Topliss-reactive ketones (excluding diaryl/α,β-unsaturated/α-hetero) is 1. The molecule has 0 aliphatic carbocycles. The summed E-state index contributed by atoms with van der Waals surface area (Å²) in [5.74, 6) is -0.447. The molecule has 0 saturated carbocycles. The fraction of sp³-hybridized carbons (Fsp3) is 0.238. The molecule has 5 heteroatoms. The number of benzene rings is 2. The molecule has 2 aromatic carbocycles. The van der Waals surface area contributed by atoms with Gasteiger partial charge in [-0.1, -0.05) is 48.5 Å². The molecule has 3 N–H and O–H groups in total. The zero-order chi connectivity index (χ0) is 18.4. The number of carbonyl (C=O) groups excluding carboxylic acids is 2. The molecule has 0 aliphatic heterocycles. The van der Waals surface area contributed by atoms with Crippen LogP contribution in [0.3, 0.4) is 0 Å². The molecular formula is C21H22N2O3. The molecule has 0 bridgehead atoms. The summed E-state index contributed by atoms with van der Waals surface area (Å²) in [4.78, 5) is 27.2. The zero-order valence-corrected chi connectivity index (χ0v) is 14.5. The molecule has 1 heterocycles. The Hall–Kier alpha value is -2.92. The van der Waals surface area contributed by atoms with E-state index >= 15 is 0 Å². The SMILES string of the molecule is N[C@@H](Cc1c[nH]c2ccccc12)C(=O)OCCC(=O)Cc1ccccc1. The molecule has 26 heavy (non-hydrogen) atoms. The Morgan fingerprint density at radius 3 is 2.58 bits per heavy atom. The minimum absolute atomic E-state index is 0.0363. The number of para-hydroxylation sites is 1. The molecule has 134 valence electrons. The van der Waals surface area contributed by atoms with Crippen molar-refractivity contribution in [2.45, 2.75) is 25.3 Å². The molecule has 0 fully saturated rings. The molecule has 3 aromatic rings. The zero-order valence-electron chi connectivity index (χ0n) is 14.5. The maximum Gasteiger partial charge on any atom is 0.323 e. The molecule has 0 radical (unpaired) electrons. The highest BCUT2D eigenvalue weighted by Crippen LogP contribution is 2.19. The van der Waals surface area contributed by atoms with E-state index in [0.717, 1.165) is 22.0 Å². The van der Waals surface area contributed by atoms with Crippen molar-refractivity contribution < 1.29 is 14.3 Å². The first-order chi connectivity index (χ1) is 12.6. The number of carbonyl (C=O) groups is 2. The molecule has 5 nitrogen and oxygen atoms in total. The predicted molar refractivity (Wildman–Crippen MR) is 101 cm³/mol. The van der Waals surface area contributed by atoms with Crippen molar-refractivity contribution in [2.24, 2.45) is 5.73 Å². The van der Waals surface area contributed by atoms with Crippen LogP contribution in [0.2, 0.25) is 0 Å². The van der Waals surface area contributed by atoms with E-state index < -0.39 is 12.0 Å². The topological polar surface area (TPSA) is 85.2 Å². The quantitative estimate of drug-likeness (QED) is 0.612. The van der Waals surface area contributed by atoms with E-state index in [1.807, 2.05) is 60.8 Å². The van der Waals surface area contributed by atoms with Crippen LogP contribution in [0.4, 0.5) is 0 Å². The van der Waals surface area contributed by atoms with Crippen molar-refractivity contribution in [3.05, 3.63) is 71.9 Å². The highest BCUT2D eigenvalue weighted by molar-refractivity contribution is 5.85. The summed E-state index contributed by atoms with van der Waals surface area (Å²) >= 11 is 0. The number of aromatic nitrogens is 1. The highest BCUT2D eigenvalue weighted by Gasteiger charge is 2.18. The second-order valence-electron chi connectivity index (χ2n) is 6.29. The number of hydrogen-bond acceptors (Lipinski definition) is 4. The van der Waals surface area contributed by atoms with E-state index in [1.54, 1.807) is 0 Å². The van der Waals surface area contributed by atoms with Gasteiger partial charge in [-0.15, -0.1) is 0 Å². The highest BCUT2D eigenvalue weighted by atomic mass is 16.5. The van der Waals surface area contributed by atoms with Crippen LogP contribution < -0.4 is 5.73 Å². The van der Waals surface area contributed by atoms with Crippen LogP contribution in [0.15, 0.2) is 60.8 Å². The average molecular weight is 350 g/mol. The number of nitrogens with one attached hydrogen (secondary N) is 1. The standard InChI is InChI=1S/C21H22N2O3/c22-19(13-16-14-23-20-9-5-4-8-18(16)20)21(25)26-11-10-17(24)12-15-6-2-1-3-7-15/h1-9,14,19,23H,10-13,22H2/t19-/m0/s1. The molecule has 0 amide bonds. The van der Waals surface area contributed by atoms with Crippen molar-refractivity contribution in [1.29, 1.82) is 0 Å². The van der Waals surface area contributed by atoms with Crippen LogP contribution in [0.25, 0.3) is 10.9 Å². The van der Waals surface area contributed by atoms with Crippen molar-refractivity contribution >= 4 is 22.7 Å². The van der Waals surface area contributed by atoms with Gasteiger partial charge in [-0.3, -0.25) is 9.59 Å². The fourth-order valence-electron chi connectivity index (χ4n) is 2.91. The lowest BCUT2D eigenvalue weighted by molar-refractivity contribution is -0.145. The van der Waals surface area contributed by atoms with Gasteiger partial charge in [0.25, 0.3) is 0 Å². The number of aromatic amines is 1. The monoisotopic (exact) mass is 350 g/mol. The van der Waals surface area contributed by atoms with Crippen LogP contribution in [0.5, 0.6) is 0 Å². The summed E-state index contributed by atoms with van der Waals surface area (Å²) in [6, 6.07) is 16.6. The number of nitrogens with two attached hydrogens (primary N) is 1. The van der Waals surface area contributed by atoms with Crippen molar-refractivity contribution in [1.82, 2.24) is 4.98 Å². The van der Waals surface area contributed by atoms with Crippen molar-refractivity contribution in [2.75, 3.05) is 6.61 Å². The first kappa shape index (κ1) is 17.9. The molecular weight excluding hydrogens is 328 g/mol. The largest absolute Gasteiger partial charge is 0.464 e. The van der Waals surface area contributed by atoms with Crippen LogP contribution in [0, 0.1) is 0 Å². The van der Waals surface area contributed by atoms with Crippen LogP contribution >= 0.6 is 0 Å². The lowest BCUT2D eigenvalue weighted by Gasteiger charge is -2.11. The molecule has 0 unspecified atom stereocenters. The van der Waals surface area contributed by atoms with Gasteiger partial charge in [0.1, 0.15) is 11.8 Å². The molecule has 0 saturated heterocycles. The normalized spacial score (nSPS) is 12.0. The van der Waals surface area contributed by atoms with E-state index in [-0.39, 0.29) is 18.8 Å². The van der Waals surface area contributed by atoms with Gasteiger partial charge in [0.15, 0.2) is 0 Å². The van der Waals surface area contributed by atoms with E-state index in [4.69, 9.17) is 10.5 Å². The summed E-state index contributed by atoms with van der Waals surface area (Å²) in [7, 11) is 0. The predicted octanol–water partition coefficient (Wildman–Crippen LogP) is 2.78. The Bertz CT molecular complexity index is 886. The minimum Gasteiger partial charge on any atom is -0.464 e. The average Bonchev–Trinajstić information content (AvgIpc) is 3.05. The third-order valence-electron chi connectivity index (χ3n) is 4.29. The maximum absolute atomic E-state index is 12.1. The van der Waals surface area contributed by atoms with E-state index in [0.29, 0.717) is 12.8 Å². The Morgan fingerprint density at radius 2 is 1.77 bits per heavy atom. The van der Waals surface area contributed by atoms with Crippen molar-refractivity contribution in [3.8, 4) is 0 Å². The van der Waals surface area contributed by atoms with Gasteiger partial charge in [0.2, 0.25) is 0 Å². The van der Waals surface area contributed by atoms with Gasteiger partial charge >= 0.3 is 5.97 Å². The maximum atomic E-state index is 12.1. The Kier molecular flexibility index (Phi) is 5.81. The summed E-state index contributed by atoms with van der Waals surface area (Å²) in [6.07, 6.45) is 2.79. The van der Waals surface area contributed by atoms with E-state index in [1.165, 1.54) is 0 Å². The van der Waals surface area contributed by atoms with Gasteiger partial charge in [0, 0.05) is 36.4 Å². The minimum atomic E-state index is -0.751. The number of esters is 1. The second-order valence-corrected chi connectivity index (χ2v) is 6.29. The molecule has 1 atom stereocenters. The van der Waals surface area contributed by atoms with Gasteiger partial charge in [-0.2, -0.15) is 0 Å². The van der Waals surface area contributed by atoms with E-state index in [2.05, 4.69) is 4.98 Å². The molecule has 3 rings (SSSR count). The lowest BCUT2D eigenvalue weighted by atomic mass is 10.1. The number of rotatable bonds is 8. The molecule has 0 aliphatic rings. The Balaban J connectivity index is 1.45. The fourth-order valence-corrected chi connectivity index (χ4v) is 2.91. The summed E-state index contributed by atoms with van der Waals surface area (Å²) in [5.41, 5.74) is 8.91. The van der Waals surface area contributed by atoms with Crippen LogP contribution in [0.1, 0.15) is 17.5 Å². The molecule has 1 aromatic heterocycles. The first-order valence-electron chi connectivity index (χ1n) is 8.66. The van der Waals surface area contributed by atoms with Gasteiger partial charge < -0.3 is 15.5 Å². The number of fused-ring (bicyclic) bond motifs is 1. The number of ketones is 1. The van der Waals surface area contributed by atoms with Gasteiger partial charge in [-0.05, 0) is 17.2 Å². The first-order valence-corrected chi connectivity index (χ1v) is 8.66. The summed E-state index contributed by atoms with van der Waals surface area (Å²) in [6.45, 7) is 0.0616.